The summed E-state index contributed by atoms with van der Waals surface area (Å²) in [6.07, 6.45) is 9.88. The predicted octanol–water partition coefficient (Wildman–Crippen LogP) is 4.01. The molecule has 0 N–H and O–H groups in total. The molecule has 0 spiro atoms. The van der Waals surface area contributed by atoms with Gasteiger partial charge in [0.1, 0.15) is 0 Å². The Morgan fingerprint density at radius 3 is 2.90 bits per heavy atom. The lowest BCUT2D eigenvalue weighted by atomic mass is 10.1. The number of unbranched alkanes of at least 4 members (excludes halogenated alkanes) is 2. The van der Waals surface area contributed by atoms with Crippen LogP contribution in [0.25, 0.3) is 0 Å². The summed E-state index contributed by atoms with van der Waals surface area (Å²) in [6, 6.07) is 10.5. The fourth-order valence-corrected chi connectivity index (χ4v) is 2.42. The van der Waals surface area contributed by atoms with Crippen molar-refractivity contribution < 1.29 is 9.47 Å². The van der Waals surface area contributed by atoms with Gasteiger partial charge in [-0.3, -0.25) is 4.99 Å². The van der Waals surface area contributed by atoms with Gasteiger partial charge in [0.15, 0.2) is 6.29 Å². The van der Waals surface area contributed by atoms with Gasteiger partial charge in [0.05, 0.1) is 0 Å². The molecule has 1 aliphatic heterocycles. The summed E-state index contributed by atoms with van der Waals surface area (Å²) in [5, 5.41) is 0. The average molecular weight is 289 g/mol. The molecule has 21 heavy (non-hydrogen) atoms. The average Bonchev–Trinajstić information content (AvgIpc) is 2.55. The molecule has 0 aromatic heterocycles. The van der Waals surface area contributed by atoms with Gasteiger partial charge in [0, 0.05) is 19.8 Å². The molecule has 116 valence electrons. The Morgan fingerprint density at radius 1 is 1.19 bits per heavy atom. The zero-order valence-corrected chi connectivity index (χ0v) is 12.9. The van der Waals surface area contributed by atoms with Crippen molar-refractivity contribution >= 4 is 6.21 Å². The third-order valence-electron chi connectivity index (χ3n) is 3.67. The van der Waals surface area contributed by atoms with E-state index in [1.807, 2.05) is 6.07 Å². The minimum Gasteiger partial charge on any atom is -0.353 e. The molecule has 1 atom stereocenters. The largest absolute Gasteiger partial charge is 0.353 e. The first-order valence-electron chi connectivity index (χ1n) is 8.20. The lowest BCUT2D eigenvalue weighted by molar-refractivity contribution is -0.162. The lowest BCUT2D eigenvalue weighted by Crippen LogP contribution is -2.22. The van der Waals surface area contributed by atoms with Crippen molar-refractivity contribution in [1.82, 2.24) is 0 Å². The highest BCUT2D eigenvalue weighted by Gasteiger charge is 2.12. The number of nitrogens with zero attached hydrogens (tertiary/aromatic N) is 1. The Bertz CT molecular complexity index is 385. The van der Waals surface area contributed by atoms with Crippen LogP contribution in [0.5, 0.6) is 0 Å². The second-order valence-electron chi connectivity index (χ2n) is 5.49. The number of benzene rings is 1. The maximum atomic E-state index is 5.70. The number of ether oxygens (including phenoxy) is 2. The van der Waals surface area contributed by atoms with E-state index in [1.54, 1.807) is 0 Å². The summed E-state index contributed by atoms with van der Waals surface area (Å²) in [4.78, 5) is 4.46. The zero-order valence-electron chi connectivity index (χ0n) is 12.9. The van der Waals surface area contributed by atoms with Gasteiger partial charge < -0.3 is 9.47 Å². The molecule has 2 rings (SSSR count). The molecular formula is C18H27NO2. The molecule has 1 aromatic carbocycles. The topological polar surface area (TPSA) is 30.8 Å². The highest BCUT2D eigenvalue weighted by Crippen LogP contribution is 2.14. The second kappa shape index (κ2) is 10.5. The van der Waals surface area contributed by atoms with Crippen molar-refractivity contribution in [2.45, 2.75) is 51.2 Å². The quantitative estimate of drug-likeness (QED) is 0.508. The van der Waals surface area contributed by atoms with E-state index in [0.717, 1.165) is 51.9 Å². The number of aliphatic imine (C=N–C) groups is 1. The molecule has 1 aliphatic rings. The van der Waals surface area contributed by atoms with Crippen LogP contribution in [0.4, 0.5) is 0 Å². The smallest absolute Gasteiger partial charge is 0.157 e. The van der Waals surface area contributed by atoms with Gasteiger partial charge in [-0.25, -0.2) is 0 Å². The fraction of sp³-hybridized carbons (Fsp3) is 0.611. The Hall–Kier alpha value is -1.19. The van der Waals surface area contributed by atoms with Gasteiger partial charge in [0.25, 0.3) is 0 Å². The van der Waals surface area contributed by atoms with Gasteiger partial charge in [0.2, 0.25) is 0 Å². The van der Waals surface area contributed by atoms with E-state index in [0.29, 0.717) is 0 Å². The van der Waals surface area contributed by atoms with Crippen LogP contribution in [0.2, 0.25) is 0 Å². The van der Waals surface area contributed by atoms with E-state index in [4.69, 9.17) is 9.47 Å². The zero-order chi connectivity index (χ0) is 14.6. The van der Waals surface area contributed by atoms with Crippen LogP contribution in [0, 0.1) is 0 Å². The van der Waals surface area contributed by atoms with E-state index < -0.39 is 0 Å². The van der Waals surface area contributed by atoms with Crippen LogP contribution in [-0.4, -0.2) is 32.3 Å². The van der Waals surface area contributed by atoms with Crippen molar-refractivity contribution in [2.24, 2.45) is 4.99 Å². The summed E-state index contributed by atoms with van der Waals surface area (Å²) in [7, 11) is 0. The van der Waals surface area contributed by atoms with Crippen molar-refractivity contribution in [2.75, 3.05) is 19.8 Å². The Kier molecular flexibility index (Phi) is 8.11. The normalized spacial score (nSPS) is 19.1. The Balaban J connectivity index is 1.41. The molecule has 0 radical (unpaired) electrons. The summed E-state index contributed by atoms with van der Waals surface area (Å²) in [5.41, 5.74) is 1.36. The highest BCUT2D eigenvalue weighted by atomic mass is 16.7. The van der Waals surface area contributed by atoms with E-state index >= 15 is 0 Å². The van der Waals surface area contributed by atoms with Crippen molar-refractivity contribution in [3.05, 3.63) is 35.9 Å². The SMILES string of the molecule is C(CCCCOC1CCCCO1)=NCCc1ccccc1. The molecule has 1 unspecified atom stereocenters. The minimum absolute atomic E-state index is 0.0540. The van der Waals surface area contributed by atoms with Crippen LogP contribution in [0.15, 0.2) is 35.3 Å². The molecule has 3 nitrogen and oxygen atoms in total. The molecule has 0 aliphatic carbocycles. The number of hydrogen-bond donors (Lipinski definition) is 0. The number of rotatable bonds is 9. The molecule has 0 amide bonds. The molecule has 3 heteroatoms. The molecule has 1 heterocycles. The van der Waals surface area contributed by atoms with E-state index in [2.05, 4.69) is 35.5 Å². The first kappa shape index (κ1) is 16.2. The minimum atomic E-state index is 0.0540. The van der Waals surface area contributed by atoms with Crippen LogP contribution in [-0.2, 0) is 15.9 Å². The van der Waals surface area contributed by atoms with Gasteiger partial charge in [-0.15, -0.1) is 0 Å². The van der Waals surface area contributed by atoms with E-state index in [-0.39, 0.29) is 6.29 Å². The van der Waals surface area contributed by atoms with E-state index in [1.165, 1.54) is 18.4 Å². The second-order valence-corrected chi connectivity index (χ2v) is 5.49. The third-order valence-corrected chi connectivity index (χ3v) is 3.67. The van der Waals surface area contributed by atoms with Gasteiger partial charge in [-0.1, -0.05) is 30.3 Å². The van der Waals surface area contributed by atoms with Crippen molar-refractivity contribution in [1.29, 1.82) is 0 Å². The Labute approximate surface area is 128 Å². The van der Waals surface area contributed by atoms with Gasteiger partial charge >= 0.3 is 0 Å². The van der Waals surface area contributed by atoms with Crippen LogP contribution in [0.3, 0.4) is 0 Å². The van der Waals surface area contributed by atoms with Crippen molar-refractivity contribution in [3.8, 4) is 0 Å². The van der Waals surface area contributed by atoms with Crippen molar-refractivity contribution in [3.63, 3.8) is 0 Å². The predicted molar refractivity (Wildman–Crippen MR) is 86.9 cm³/mol. The molecule has 1 saturated heterocycles. The van der Waals surface area contributed by atoms with Gasteiger partial charge in [-0.2, -0.15) is 0 Å². The first-order valence-corrected chi connectivity index (χ1v) is 8.20. The summed E-state index contributed by atoms with van der Waals surface area (Å²) < 4.78 is 11.2. The molecule has 1 fully saturated rings. The number of hydrogen-bond acceptors (Lipinski definition) is 3. The highest BCUT2D eigenvalue weighted by molar-refractivity contribution is 5.56. The Morgan fingerprint density at radius 2 is 2.10 bits per heavy atom. The fourth-order valence-electron chi connectivity index (χ4n) is 2.42. The lowest BCUT2D eigenvalue weighted by Gasteiger charge is -2.22. The van der Waals surface area contributed by atoms with Crippen LogP contribution >= 0.6 is 0 Å². The molecule has 1 aromatic rings. The molecule has 0 saturated carbocycles. The van der Waals surface area contributed by atoms with E-state index in [9.17, 15) is 0 Å². The summed E-state index contributed by atoms with van der Waals surface area (Å²) in [5.74, 6) is 0. The van der Waals surface area contributed by atoms with Crippen LogP contribution in [0.1, 0.15) is 44.1 Å². The molecular weight excluding hydrogens is 262 g/mol. The maximum absolute atomic E-state index is 5.70. The summed E-state index contributed by atoms with van der Waals surface area (Å²) >= 11 is 0. The van der Waals surface area contributed by atoms with Gasteiger partial charge in [-0.05, 0) is 56.7 Å². The van der Waals surface area contributed by atoms with Crippen LogP contribution < -0.4 is 0 Å². The standard InChI is InChI=1S/C18H27NO2/c1-3-9-17(10-4-1)12-14-19-13-6-2-7-15-20-18-11-5-8-16-21-18/h1,3-4,9-10,13,18H,2,5-8,11-12,14-16H2. The first-order chi connectivity index (χ1) is 10.4. The molecule has 0 bridgehead atoms. The maximum Gasteiger partial charge on any atom is 0.157 e. The summed E-state index contributed by atoms with van der Waals surface area (Å²) in [6.45, 7) is 2.55. The monoisotopic (exact) mass is 289 g/mol. The third kappa shape index (κ3) is 7.39.